The van der Waals surface area contributed by atoms with Gasteiger partial charge in [-0.1, -0.05) is 11.6 Å². The Morgan fingerprint density at radius 3 is 2.62 bits per heavy atom. The Balaban J connectivity index is 2.24. The molecular weight excluding hydrogens is 226 g/mol. The highest BCUT2D eigenvalue weighted by Gasteiger charge is 2.03. The number of amides is 1. The number of hydrogen-bond donors (Lipinski definition) is 1. The molecule has 1 aromatic heterocycles. The molecule has 2 aromatic rings. The first-order chi connectivity index (χ1) is 7.65. The molecular formula is C11H10ClN3O. The molecule has 5 heteroatoms. The Morgan fingerprint density at radius 2 is 2.00 bits per heavy atom. The van der Waals surface area contributed by atoms with Gasteiger partial charge in [0.05, 0.1) is 17.8 Å². The van der Waals surface area contributed by atoms with Crippen molar-refractivity contribution in [1.82, 2.24) is 9.78 Å². The van der Waals surface area contributed by atoms with Crippen LogP contribution in [0.25, 0.3) is 5.69 Å². The molecule has 2 N–H and O–H groups in total. The van der Waals surface area contributed by atoms with Crippen molar-refractivity contribution in [3.63, 3.8) is 0 Å². The molecule has 0 aliphatic heterocycles. The summed E-state index contributed by atoms with van der Waals surface area (Å²) >= 11 is 5.78. The number of halogens is 1. The van der Waals surface area contributed by atoms with Crippen molar-refractivity contribution in [2.24, 2.45) is 5.73 Å². The summed E-state index contributed by atoms with van der Waals surface area (Å²) in [7, 11) is 0. The van der Waals surface area contributed by atoms with Crippen LogP contribution in [0.15, 0.2) is 36.5 Å². The average Bonchev–Trinajstić information content (AvgIpc) is 2.66. The van der Waals surface area contributed by atoms with Gasteiger partial charge in [0.1, 0.15) is 0 Å². The van der Waals surface area contributed by atoms with Crippen LogP contribution in [0.5, 0.6) is 0 Å². The summed E-state index contributed by atoms with van der Waals surface area (Å²) in [5, 5.41) is 4.90. The number of carbonyl (C=O) groups is 1. The molecule has 1 heterocycles. The molecule has 0 saturated heterocycles. The molecule has 0 bridgehead atoms. The summed E-state index contributed by atoms with van der Waals surface area (Å²) < 4.78 is 1.68. The molecule has 2 rings (SSSR count). The van der Waals surface area contributed by atoms with E-state index in [4.69, 9.17) is 17.3 Å². The fraction of sp³-hybridized carbons (Fsp3) is 0.0909. The Bertz CT molecular complexity index is 504. The first-order valence-corrected chi connectivity index (χ1v) is 5.12. The number of rotatable bonds is 3. The Labute approximate surface area is 97.6 Å². The van der Waals surface area contributed by atoms with Gasteiger partial charge in [0.25, 0.3) is 0 Å². The van der Waals surface area contributed by atoms with Crippen molar-refractivity contribution >= 4 is 17.5 Å². The predicted molar refractivity (Wildman–Crippen MR) is 61.5 cm³/mol. The maximum absolute atomic E-state index is 10.7. The minimum absolute atomic E-state index is 0.153. The van der Waals surface area contributed by atoms with Crippen molar-refractivity contribution in [3.8, 4) is 5.69 Å². The van der Waals surface area contributed by atoms with E-state index in [1.54, 1.807) is 29.1 Å². The van der Waals surface area contributed by atoms with Gasteiger partial charge in [-0.25, -0.2) is 4.68 Å². The normalized spacial score (nSPS) is 10.3. The summed E-state index contributed by atoms with van der Waals surface area (Å²) in [6, 6.07) is 9.03. The molecule has 4 nitrogen and oxygen atoms in total. The zero-order chi connectivity index (χ0) is 11.5. The number of aromatic nitrogens is 2. The maximum Gasteiger partial charge on any atom is 0.223 e. The average molecular weight is 236 g/mol. The second-order valence-electron chi connectivity index (χ2n) is 3.37. The van der Waals surface area contributed by atoms with Crippen LogP contribution in [0.4, 0.5) is 0 Å². The molecule has 0 saturated carbocycles. The fourth-order valence-corrected chi connectivity index (χ4v) is 1.50. The maximum atomic E-state index is 10.7. The number of primary amides is 1. The molecule has 16 heavy (non-hydrogen) atoms. The minimum Gasteiger partial charge on any atom is -0.369 e. The highest BCUT2D eigenvalue weighted by atomic mass is 35.5. The molecule has 0 unspecified atom stereocenters. The Hall–Kier alpha value is -1.81. The molecule has 0 radical (unpaired) electrons. The highest BCUT2D eigenvalue weighted by Crippen LogP contribution is 2.13. The van der Waals surface area contributed by atoms with Gasteiger partial charge < -0.3 is 5.73 Å². The third kappa shape index (κ3) is 2.41. The predicted octanol–water partition coefficient (Wildman–Crippen LogP) is 1.55. The standard InChI is InChI=1S/C11H10ClN3O/c12-8-1-3-10(4-2-8)15-6-5-9(14-15)7-11(13)16/h1-6H,7H2,(H2,13,16). The van der Waals surface area contributed by atoms with Crippen LogP contribution < -0.4 is 5.73 Å². The van der Waals surface area contributed by atoms with Crippen LogP contribution in [0, 0.1) is 0 Å². The largest absolute Gasteiger partial charge is 0.369 e. The van der Waals surface area contributed by atoms with Crippen molar-refractivity contribution < 1.29 is 4.79 Å². The van der Waals surface area contributed by atoms with E-state index in [1.165, 1.54) is 0 Å². The molecule has 0 spiro atoms. The lowest BCUT2D eigenvalue weighted by atomic mass is 10.3. The molecule has 0 aliphatic carbocycles. The van der Waals surface area contributed by atoms with Crippen molar-refractivity contribution in [1.29, 1.82) is 0 Å². The van der Waals surface area contributed by atoms with E-state index >= 15 is 0 Å². The molecule has 1 aromatic carbocycles. The van der Waals surface area contributed by atoms with Gasteiger partial charge in [-0.15, -0.1) is 0 Å². The Kier molecular flexibility index (Phi) is 2.92. The first-order valence-electron chi connectivity index (χ1n) is 4.74. The van der Waals surface area contributed by atoms with E-state index in [0.29, 0.717) is 10.7 Å². The highest BCUT2D eigenvalue weighted by molar-refractivity contribution is 6.30. The second-order valence-corrected chi connectivity index (χ2v) is 3.81. The van der Waals surface area contributed by atoms with Gasteiger partial charge in [-0.2, -0.15) is 5.10 Å². The summed E-state index contributed by atoms with van der Waals surface area (Å²) in [5.41, 5.74) is 6.63. The SMILES string of the molecule is NC(=O)Cc1ccn(-c2ccc(Cl)cc2)n1. The lowest BCUT2D eigenvalue weighted by Gasteiger charge is -2.00. The van der Waals surface area contributed by atoms with Crippen molar-refractivity contribution in [2.75, 3.05) is 0 Å². The van der Waals surface area contributed by atoms with Gasteiger partial charge in [0, 0.05) is 11.2 Å². The summed E-state index contributed by atoms with van der Waals surface area (Å²) in [5.74, 6) is -0.388. The summed E-state index contributed by atoms with van der Waals surface area (Å²) in [6.45, 7) is 0. The third-order valence-corrected chi connectivity index (χ3v) is 2.34. The van der Waals surface area contributed by atoms with Crippen LogP contribution in [0.3, 0.4) is 0 Å². The van der Waals surface area contributed by atoms with Crippen molar-refractivity contribution in [3.05, 3.63) is 47.2 Å². The molecule has 0 aliphatic rings. The third-order valence-electron chi connectivity index (χ3n) is 2.09. The fourth-order valence-electron chi connectivity index (χ4n) is 1.37. The van der Waals surface area contributed by atoms with E-state index in [9.17, 15) is 4.79 Å². The lowest BCUT2D eigenvalue weighted by Crippen LogP contribution is -2.14. The van der Waals surface area contributed by atoms with Gasteiger partial charge in [-0.3, -0.25) is 4.79 Å². The number of benzene rings is 1. The number of nitrogens with two attached hydrogens (primary N) is 1. The Morgan fingerprint density at radius 1 is 1.31 bits per heavy atom. The van der Waals surface area contributed by atoms with E-state index < -0.39 is 0 Å². The first kappa shape index (κ1) is 10.7. The monoisotopic (exact) mass is 235 g/mol. The zero-order valence-electron chi connectivity index (χ0n) is 8.43. The molecule has 82 valence electrons. The molecule has 0 fully saturated rings. The van der Waals surface area contributed by atoms with Crippen LogP contribution in [-0.4, -0.2) is 15.7 Å². The van der Waals surface area contributed by atoms with E-state index in [0.717, 1.165) is 5.69 Å². The number of hydrogen-bond acceptors (Lipinski definition) is 2. The van der Waals surface area contributed by atoms with Crippen LogP contribution in [0.1, 0.15) is 5.69 Å². The lowest BCUT2D eigenvalue weighted by molar-refractivity contribution is -0.117. The van der Waals surface area contributed by atoms with E-state index in [-0.39, 0.29) is 12.3 Å². The second kappa shape index (κ2) is 4.37. The van der Waals surface area contributed by atoms with E-state index in [1.807, 2.05) is 12.1 Å². The topological polar surface area (TPSA) is 60.9 Å². The van der Waals surface area contributed by atoms with Crippen molar-refractivity contribution in [2.45, 2.75) is 6.42 Å². The van der Waals surface area contributed by atoms with Crippen LogP contribution in [-0.2, 0) is 11.2 Å². The van der Waals surface area contributed by atoms with Crippen LogP contribution in [0.2, 0.25) is 5.02 Å². The molecule has 0 atom stereocenters. The van der Waals surface area contributed by atoms with Gasteiger partial charge in [-0.05, 0) is 30.3 Å². The zero-order valence-corrected chi connectivity index (χ0v) is 9.19. The number of nitrogens with zero attached hydrogens (tertiary/aromatic N) is 2. The van der Waals surface area contributed by atoms with E-state index in [2.05, 4.69) is 5.10 Å². The van der Waals surface area contributed by atoms with Crippen LogP contribution >= 0.6 is 11.6 Å². The quantitative estimate of drug-likeness (QED) is 0.878. The van der Waals surface area contributed by atoms with Gasteiger partial charge in [0.15, 0.2) is 0 Å². The van der Waals surface area contributed by atoms with Gasteiger partial charge >= 0.3 is 0 Å². The number of carbonyl (C=O) groups excluding carboxylic acids is 1. The smallest absolute Gasteiger partial charge is 0.223 e. The summed E-state index contributed by atoms with van der Waals surface area (Å²) in [6.07, 6.45) is 1.93. The summed E-state index contributed by atoms with van der Waals surface area (Å²) in [4.78, 5) is 10.7. The molecule has 1 amide bonds. The van der Waals surface area contributed by atoms with Gasteiger partial charge in [0.2, 0.25) is 5.91 Å². The minimum atomic E-state index is -0.388.